The van der Waals surface area contributed by atoms with Gasteiger partial charge in [0.25, 0.3) is 0 Å². The number of hydrogen-bond acceptors (Lipinski definition) is 5. The molecule has 6 heteroatoms. The molecule has 2 rings (SSSR count). The topological polar surface area (TPSA) is 67.3 Å². The third kappa shape index (κ3) is 4.70. The summed E-state index contributed by atoms with van der Waals surface area (Å²) in [5.74, 6) is 0.786. The zero-order valence-corrected chi connectivity index (χ0v) is 16.7. The second-order valence-electron chi connectivity index (χ2n) is 8.68. The fourth-order valence-electron chi connectivity index (χ4n) is 2.25. The number of para-hydroxylation sites is 1. The first-order valence-corrected chi connectivity index (χ1v) is 8.71. The Hall–Kier alpha value is -1.66. The van der Waals surface area contributed by atoms with E-state index in [0.717, 1.165) is 28.0 Å². The van der Waals surface area contributed by atoms with Crippen LogP contribution in [0.1, 0.15) is 54.2 Å². The summed E-state index contributed by atoms with van der Waals surface area (Å²) in [5, 5.41) is 13.7. The minimum absolute atomic E-state index is 0.0958. The van der Waals surface area contributed by atoms with Gasteiger partial charge in [-0.05, 0) is 66.9 Å². The van der Waals surface area contributed by atoms with Crippen molar-refractivity contribution in [2.24, 2.45) is 0 Å². The van der Waals surface area contributed by atoms with Crippen molar-refractivity contribution in [1.29, 1.82) is 0 Å². The maximum absolute atomic E-state index is 10.3. The van der Waals surface area contributed by atoms with Crippen molar-refractivity contribution in [2.75, 3.05) is 5.32 Å². The maximum Gasteiger partial charge on any atom is 0.311 e. The van der Waals surface area contributed by atoms with Gasteiger partial charge in [-0.3, -0.25) is 0 Å². The molecule has 1 aromatic heterocycles. The van der Waals surface area contributed by atoms with Crippen LogP contribution in [-0.2, 0) is 4.65 Å². The highest BCUT2D eigenvalue weighted by Crippen LogP contribution is 2.25. The third-order valence-electron chi connectivity index (χ3n) is 4.51. The molecule has 0 aliphatic carbocycles. The highest BCUT2D eigenvalue weighted by atomic mass is 16.5. The Morgan fingerprint density at radius 1 is 1.04 bits per heavy atom. The lowest BCUT2D eigenvalue weighted by Crippen LogP contribution is -2.49. The van der Waals surface area contributed by atoms with Gasteiger partial charge in [-0.15, -0.1) is 0 Å². The number of rotatable bonds is 5. The normalized spacial score (nSPS) is 13.2. The molecule has 1 aromatic carbocycles. The van der Waals surface area contributed by atoms with Gasteiger partial charge in [-0.25, -0.2) is 9.97 Å². The summed E-state index contributed by atoms with van der Waals surface area (Å²) < 4.78 is 6.02. The van der Waals surface area contributed by atoms with E-state index in [4.69, 9.17) is 9.64 Å². The van der Waals surface area contributed by atoms with Gasteiger partial charge in [0.1, 0.15) is 5.82 Å². The van der Waals surface area contributed by atoms with E-state index in [0.29, 0.717) is 7.48 Å². The van der Waals surface area contributed by atoms with Crippen molar-refractivity contribution in [3.63, 3.8) is 0 Å². The van der Waals surface area contributed by atoms with E-state index < -0.39 is 11.2 Å². The zero-order valence-electron chi connectivity index (χ0n) is 16.7. The Balaban J connectivity index is 2.39. The average molecular weight is 343 g/mol. The molecule has 0 atom stereocenters. The molecule has 0 aliphatic rings. The fourth-order valence-corrected chi connectivity index (χ4v) is 2.25. The molecule has 1 heterocycles. The van der Waals surface area contributed by atoms with Gasteiger partial charge < -0.3 is 15.1 Å². The molecular weight excluding hydrogens is 313 g/mol. The lowest BCUT2D eigenvalue weighted by atomic mass is 9.82. The fraction of sp³-hybridized carbons (Fsp3) is 0.579. The number of benzene rings is 1. The minimum Gasteiger partial charge on any atom is -0.427 e. The van der Waals surface area contributed by atoms with E-state index in [1.54, 1.807) is 13.8 Å². The highest BCUT2D eigenvalue weighted by molar-refractivity contribution is 6.51. The van der Waals surface area contributed by atoms with E-state index in [-0.39, 0.29) is 5.54 Å². The van der Waals surface area contributed by atoms with Gasteiger partial charge in [-0.1, -0.05) is 12.1 Å². The van der Waals surface area contributed by atoms with Crippen molar-refractivity contribution in [3.05, 3.63) is 23.9 Å². The summed E-state index contributed by atoms with van der Waals surface area (Å²) in [7, 11) is 0.362. The number of aromatic nitrogens is 2. The van der Waals surface area contributed by atoms with E-state index in [2.05, 4.69) is 31.1 Å². The van der Waals surface area contributed by atoms with Crippen molar-refractivity contribution in [2.45, 2.75) is 72.1 Å². The van der Waals surface area contributed by atoms with Crippen LogP contribution in [0.3, 0.4) is 0 Å². The van der Waals surface area contributed by atoms with Gasteiger partial charge in [0.2, 0.25) is 0 Å². The van der Waals surface area contributed by atoms with Gasteiger partial charge in [-0.2, -0.15) is 0 Å². The first-order chi connectivity index (χ1) is 11.3. The summed E-state index contributed by atoms with van der Waals surface area (Å²) in [6.45, 7) is 15.5. The largest absolute Gasteiger partial charge is 0.427 e. The second kappa shape index (κ2) is 6.58. The Labute approximate surface area is 151 Å². The molecule has 0 amide bonds. The third-order valence-corrected chi connectivity index (χ3v) is 4.51. The molecule has 0 radical (unpaired) electrons. The van der Waals surface area contributed by atoms with E-state index in [1.807, 2.05) is 39.0 Å². The van der Waals surface area contributed by atoms with Crippen LogP contribution >= 0.6 is 0 Å². The summed E-state index contributed by atoms with van der Waals surface area (Å²) in [6.07, 6.45) is 0. The molecule has 5 nitrogen and oxygen atoms in total. The molecular formula is C19H30BN3O2. The first kappa shape index (κ1) is 19.7. The Bertz CT molecular complexity index is 762. The lowest BCUT2D eigenvalue weighted by Gasteiger charge is -2.37. The smallest absolute Gasteiger partial charge is 0.311 e. The zero-order chi connectivity index (χ0) is 19.0. The number of aryl methyl sites for hydroxylation is 1. The molecule has 0 saturated heterocycles. The van der Waals surface area contributed by atoms with E-state index in [1.165, 1.54) is 0 Å². The Morgan fingerprint density at radius 2 is 1.68 bits per heavy atom. The van der Waals surface area contributed by atoms with Gasteiger partial charge in [0, 0.05) is 5.54 Å². The molecule has 136 valence electrons. The van der Waals surface area contributed by atoms with Crippen LogP contribution in [0.5, 0.6) is 0 Å². The van der Waals surface area contributed by atoms with Crippen LogP contribution in [0.4, 0.5) is 5.82 Å². The number of fused-ring (bicyclic) bond motifs is 1. The average Bonchev–Trinajstić information content (AvgIpc) is 2.43. The van der Waals surface area contributed by atoms with Crippen LogP contribution in [0.25, 0.3) is 11.0 Å². The number of aliphatic hydroxyl groups is 1. The predicted molar refractivity (Wildman–Crippen MR) is 106 cm³/mol. The van der Waals surface area contributed by atoms with Crippen LogP contribution in [0.2, 0.25) is 0 Å². The second-order valence-corrected chi connectivity index (χ2v) is 8.68. The Kier molecular flexibility index (Phi) is 5.17. The van der Waals surface area contributed by atoms with E-state index >= 15 is 0 Å². The first-order valence-electron chi connectivity index (χ1n) is 8.71. The summed E-state index contributed by atoms with van der Waals surface area (Å²) >= 11 is 0. The molecule has 0 aliphatic heterocycles. The number of nitrogens with one attached hydrogen (secondary N) is 1. The van der Waals surface area contributed by atoms with Crippen LogP contribution in [-0.4, -0.2) is 39.3 Å². The lowest BCUT2D eigenvalue weighted by molar-refractivity contribution is -0.0893. The molecule has 0 spiro atoms. The van der Waals surface area contributed by atoms with Crippen molar-refractivity contribution < 1.29 is 9.76 Å². The monoisotopic (exact) mass is 343 g/mol. The number of nitrogens with zero attached hydrogens (tertiary/aromatic N) is 2. The van der Waals surface area contributed by atoms with Crippen LogP contribution in [0.15, 0.2) is 18.2 Å². The summed E-state index contributed by atoms with van der Waals surface area (Å²) in [4.78, 5) is 9.49. The molecule has 2 N–H and O–H groups in total. The van der Waals surface area contributed by atoms with Gasteiger partial charge in [0.05, 0.1) is 27.9 Å². The van der Waals surface area contributed by atoms with Gasteiger partial charge in [0.15, 0.2) is 0 Å². The quantitative estimate of drug-likeness (QED) is 0.817. The molecule has 0 fully saturated rings. The Morgan fingerprint density at radius 3 is 2.24 bits per heavy atom. The van der Waals surface area contributed by atoms with Crippen LogP contribution in [0, 0.1) is 6.92 Å². The van der Waals surface area contributed by atoms with Gasteiger partial charge >= 0.3 is 7.48 Å². The summed E-state index contributed by atoms with van der Waals surface area (Å²) in [6, 6.07) is 5.91. The summed E-state index contributed by atoms with van der Waals surface area (Å²) in [5.41, 5.74) is 1.78. The van der Waals surface area contributed by atoms with E-state index in [9.17, 15) is 5.11 Å². The molecule has 25 heavy (non-hydrogen) atoms. The number of hydrogen-bond donors (Lipinski definition) is 2. The maximum atomic E-state index is 10.3. The van der Waals surface area contributed by atoms with Crippen molar-refractivity contribution >= 4 is 29.8 Å². The van der Waals surface area contributed by atoms with Crippen LogP contribution < -0.4 is 10.8 Å². The predicted octanol–water partition coefficient (Wildman–Crippen LogP) is 2.69. The molecule has 0 bridgehead atoms. The minimum atomic E-state index is -0.946. The molecule has 0 saturated carbocycles. The molecule has 2 aromatic rings. The standard InChI is InChI=1S/C19H30BN3O2/c1-12-16(23-17(2,3)4)22-15-13(10-9-11-14(15)21-12)20-25-19(7,8)18(5,6)24/h9-11,20,24H,1-8H3,(H,22,23). The van der Waals surface area contributed by atoms with Crippen molar-refractivity contribution in [3.8, 4) is 0 Å². The van der Waals surface area contributed by atoms with Crippen molar-refractivity contribution in [1.82, 2.24) is 9.97 Å². The molecule has 0 unspecified atom stereocenters. The SMILES string of the molecule is Cc1nc2cccc(BOC(C)(C)C(C)(C)O)c2nc1NC(C)(C)C. The highest BCUT2D eigenvalue weighted by Gasteiger charge is 2.35. The number of anilines is 1.